The molecule has 12 heavy (non-hydrogen) atoms. The number of hydrogen-bond acceptors (Lipinski definition) is 2. The van der Waals surface area contributed by atoms with Gasteiger partial charge in [-0.3, -0.25) is 0 Å². The van der Waals surface area contributed by atoms with Crippen LogP contribution in [-0.2, 0) is 4.79 Å². The van der Waals surface area contributed by atoms with Crippen molar-refractivity contribution in [1.29, 1.82) is 0 Å². The van der Waals surface area contributed by atoms with Crippen LogP contribution >= 0.6 is 0 Å². The van der Waals surface area contributed by atoms with Crippen LogP contribution in [-0.4, -0.2) is 63.4 Å². The molecule has 0 bridgehead atoms. The second kappa shape index (κ2) is 4.58. The van der Waals surface area contributed by atoms with Crippen LogP contribution in [0.4, 0.5) is 0 Å². The zero-order valence-electron chi connectivity index (χ0n) is 6.94. The summed E-state index contributed by atoms with van der Waals surface area (Å²) in [4.78, 5) is 13.4. The van der Waals surface area contributed by atoms with Gasteiger partial charge in [0.25, 0.3) is 0 Å². The number of hydrogen-bond donors (Lipinski definition) is 0. The molecular formula is C8H12AsN2O+. The van der Waals surface area contributed by atoms with E-state index in [1.807, 2.05) is 6.21 Å². The van der Waals surface area contributed by atoms with Crippen molar-refractivity contribution in [2.45, 2.75) is 0 Å². The fourth-order valence-electron chi connectivity index (χ4n) is 1.09. The summed E-state index contributed by atoms with van der Waals surface area (Å²) in [6.07, 6.45) is 3.27. The number of carbonyl (C=O) groups is 1. The first kappa shape index (κ1) is 9.68. The van der Waals surface area contributed by atoms with Gasteiger partial charge in [-0.2, -0.15) is 0 Å². The fourth-order valence-corrected chi connectivity index (χ4v) is 1.63. The van der Waals surface area contributed by atoms with Gasteiger partial charge >= 0.3 is 80.9 Å². The van der Waals surface area contributed by atoms with Gasteiger partial charge in [0, 0.05) is 0 Å². The molecule has 0 N–H and O–H groups in total. The molecule has 4 heteroatoms. The Labute approximate surface area is 81.2 Å². The summed E-state index contributed by atoms with van der Waals surface area (Å²) in [6.45, 7) is 6.03. The molecule has 64 valence electrons. The minimum absolute atomic E-state index is 0.000225. The van der Waals surface area contributed by atoms with E-state index >= 15 is 0 Å². The van der Waals surface area contributed by atoms with Crippen LogP contribution in [0, 0.1) is 0 Å². The van der Waals surface area contributed by atoms with Gasteiger partial charge in [-0.25, -0.2) is 0 Å². The molecule has 0 saturated heterocycles. The maximum atomic E-state index is 11.1. The molecule has 0 atom stereocenters. The van der Waals surface area contributed by atoms with Gasteiger partial charge in [0.15, 0.2) is 0 Å². The molecule has 0 aromatic heterocycles. The Hall–Kier alpha value is -0.402. The Balaban J connectivity index is 2.55. The molecule has 1 aliphatic heterocycles. The molecule has 1 heterocycles. The Morgan fingerprint density at radius 2 is 2.58 bits per heavy atom. The van der Waals surface area contributed by atoms with Crippen LogP contribution in [0.2, 0.25) is 0 Å². The number of carbonyl (C=O) groups excluding carboxylic acids is 1. The molecule has 1 aliphatic rings. The van der Waals surface area contributed by atoms with Gasteiger partial charge in [-0.1, -0.05) is 0 Å². The van der Waals surface area contributed by atoms with Gasteiger partial charge < -0.3 is 0 Å². The number of nitrogens with zero attached hydrogens (tertiary/aromatic N) is 2. The van der Waals surface area contributed by atoms with Gasteiger partial charge in [-0.05, 0) is 0 Å². The second-order valence-electron chi connectivity index (χ2n) is 2.64. The van der Waals surface area contributed by atoms with E-state index in [1.54, 1.807) is 4.58 Å². The molecule has 0 unspecified atom stereocenters. The standard InChI is InChI=1S/C8H12AsN2O/c1-2-8(12)11-5-3-10(7-9)4-6-11/h2,5H,1,3-4,6-7H2/q+1. The van der Waals surface area contributed by atoms with Crippen LogP contribution < -0.4 is 0 Å². The van der Waals surface area contributed by atoms with Crippen molar-refractivity contribution in [2.75, 3.05) is 25.0 Å². The van der Waals surface area contributed by atoms with Gasteiger partial charge in [-0.15, -0.1) is 0 Å². The Bertz CT molecular complexity index is 225. The first-order valence-corrected chi connectivity index (χ1v) is 5.20. The molecular weight excluding hydrogens is 215 g/mol. The SMILES string of the molecule is C=CC(=O)[N+]1=CCN(C[As])CC1. The average molecular weight is 227 g/mol. The fraction of sp³-hybridized carbons (Fsp3) is 0.500. The molecule has 0 fully saturated rings. The van der Waals surface area contributed by atoms with E-state index in [2.05, 4.69) is 28.3 Å². The molecule has 0 spiro atoms. The van der Waals surface area contributed by atoms with E-state index < -0.39 is 0 Å². The summed E-state index contributed by atoms with van der Waals surface area (Å²) in [5.74, 6) is 0.000225. The van der Waals surface area contributed by atoms with Gasteiger partial charge in [0.05, 0.1) is 0 Å². The first-order valence-electron chi connectivity index (χ1n) is 3.87. The third-order valence-corrected chi connectivity index (χ3v) is 2.71. The second-order valence-corrected chi connectivity index (χ2v) is 3.23. The van der Waals surface area contributed by atoms with Crippen LogP contribution in [0.15, 0.2) is 12.7 Å². The van der Waals surface area contributed by atoms with Gasteiger partial charge in [0.1, 0.15) is 0 Å². The van der Waals surface area contributed by atoms with E-state index in [9.17, 15) is 4.79 Å². The number of amides is 1. The van der Waals surface area contributed by atoms with E-state index in [-0.39, 0.29) is 5.91 Å². The Kier molecular flexibility index (Phi) is 3.70. The van der Waals surface area contributed by atoms with Crippen molar-refractivity contribution in [2.24, 2.45) is 0 Å². The molecule has 0 aromatic carbocycles. The Morgan fingerprint density at radius 1 is 1.83 bits per heavy atom. The molecule has 3 nitrogen and oxygen atoms in total. The van der Waals surface area contributed by atoms with Crippen molar-refractivity contribution in [3.8, 4) is 0 Å². The molecule has 0 aromatic rings. The van der Waals surface area contributed by atoms with E-state index in [0.29, 0.717) is 0 Å². The zero-order valence-corrected chi connectivity index (χ0v) is 8.82. The van der Waals surface area contributed by atoms with Crippen molar-refractivity contribution < 1.29 is 9.37 Å². The average Bonchev–Trinajstić information content (AvgIpc) is 2.17. The first-order chi connectivity index (χ1) is 5.77. The van der Waals surface area contributed by atoms with Crippen molar-refractivity contribution in [3.63, 3.8) is 0 Å². The van der Waals surface area contributed by atoms with E-state index in [0.717, 1.165) is 25.0 Å². The topological polar surface area (TPSA) is 23.3 Å². The third-order valence-electron chi connectivity index (χ3n) is 1.88. The monoisotopic (exact) mass is 227 g/mol. The van der Waals surface area contributed by atoms with Crippen LogP contribution in [0.3, 0.4) is 0 Å². The van der Waals surface area contributed by atoms with E-state index in [4.69, 9.17) is 0 Å². The summed E-state index contributed by atoms with van der Waals surface area (Å²) in [5, 5.41) is 0.986. The molecule has 1 amide bonds. The predicted octanol–water partition coefficient (Wildman–Crippen LogP) is -0.776. The molecule has 0 saturated carbocycles. The third kappa shape index (κ3) is 2.29. The summed E-state index contributed by atoms with van der Waals surface area (Å²) in [5.41, 5.74) is 0. The summed E-state index contributed by atoms with van der Waals surface area (Å²) in [7, 11) is 0. The van der Waals surface area contributed by atoms with Gasteiger partial charge in [0.2, 0.25) is 0 Å². The van der Waals surface area contributed by atoms with Crippen molar-refractivity contribution >= 4 is 29.0 Å². The molecule has 0 aliphatic carbocycles. The van der Waals surface area contributed by atoms with E-state index in [1.165, 1.54) is 6.08 Å². The maximum absolute atomic E-state index is 11.1. The van der Waals surface area contributed by atoms with Crippen LogP contribution in [0.5, 0.6) is 0 Å². The summed E-state index contributed by atoms with van der Waals surface area (Å²) in [6, 6.07) is 0. The predicted molar refractivity (Wildman–Crippen MR) is 48.6 cm³/mol. The normalized spacial score (nSPS) is 18.6. The van der Waals surface area contributed by atoms with Crippen molar-refractivity contribution in [3.05, 3.63) is 12.7 Å². The van der Waals surface area contributed by atoms with Crippen LogP contribution in [0.1, 0.15) is 0 Å². The molecule has 2 radical (unpaired) electrons. The number of rotatable bonds is 2. The Morgan fingerprint density at radius 3 is 3.00 bits per heavy atom. The minimum atomic E-state index is 0.000225. The van der Waals surface area contributed by atoms with Crippen molar-refractivity contribution in [1.82, 2.24) is 4.90 Å². The summed E-state index contributed by atoms with van der Waals surface area (Å²) < 4.78 is 1.71. The zero-order chi connectivity index (χ0) is 8.97. The molecule has 1 rings (SSSR count). The van der Waals surface area contributed by atoms with Crippen LogP contribution in [0.25, 0.3) is 0 Å². The summed E-state index contributed by atoms with van der Waals surface area (Å²) >= 11 is 2.54. The quantitative estimate of drug-likeness (QED) is 0.351.